The van der Waals surface area contributed by atoms with E-state index in [0.717, 1.165) is 44.7 Å². The maximum atomic E-state index is 12.8. The molecule has 4 rings (SSSR count). The van der Waals surface area contributed by atoms with Crippen molar-refractivity contribution in [2.75, 3.05) is 31.5 Å². The van der Waals surface area contributed by atoms with E-state index in [4.69, 9.17) is 0 Å². The molecular formula is C22H30N4O2S. The van der Waals surface area contributed by atoms with E-state index < -0.39 is 10.0 Å². The van der Waals surface area contributed by atoms with Crippen LogP contribution in [-0.2, 0) is 16.6 Å². The molecule has 0 saturated carbocycles. The number of aromatic nitrogens is 1. The van der Waals surface area contributed by atoms with E-state index in [1.165, 1.54) is 11.8 Å². The minimum Gasteiger partial charge on any atom is -0.366 e. The number of nitrogens with zero attached hydrogens (tertiary/aromatic N) is 3. The second-order valence-corrected chi connectivity index (χ2v) is 10.2. The van der Waals surface area contributed by atoms with Gasteiger partial charge in [0.15, 0.2) is 0 Å². The van der Waals surface area contributed by atoms with Crippen LogP contribution in [0.3, 0.4) is 0 Å². The first kappa shape index (κ1) is 20.3. The average Bonchev–Trinajstić information content (AvgIpc) is 3.08. The van der Waals surface area contributed by atoms with Gasteiger partial charge in [0.2, 0.25) is 10.0 Å². The Hall–Kier alpha value is -1.96. The van der Waals surface area contributed by atoms with Crippen LogP contribution in [0, 0.1) is 5.92 Å². The Morgan fingerprint density at radius 3 is 2.48 bits per heavy atom. The van der Waals surface area contributed by atoms with E-state index in [-0.39, 0.29) is 4.90 Å². The summed E-state index contributed by atoms with van der Waals surface area (Å²) in [6.45, 7) is 6.40. The van der Waals surface area contributed by atoms with Crippen molar-refractivity contribution >= 4 is 15.8 Å². The van der Waals surface area contributed by atoms with Crippen LogP contribution in [0.25, 0.3) is 0 Å². The zero-order valence-electron chi connectivity index (χ0n) is 17.0. The van der Waals surface area contributed by atoms with Gasteiger partial charge in [-0.05, 0) is 36.5 Å². The molecule has 1 N–H and O–H groups in total. The predicted octanol–water partition coefficient (Wildman–Crippen LogP) is 3.19. The van der Waals surface area contributed by atoms with Gasteiger partial charge >= 0.3 is 0 Å². The van der Waals surface area contributed by atoms with Crippen molar-refractivity contribution in [2.24, 2.45) is 5.92 Å². The maximum absolute atomic E-state index is 12.8. The van der Waals surface area contributed by atoms with Gasteiger partial charge in [-0.15, -0.1) is 0 Å². The first-order valence-corrected chi connectivity index (χ1v) is 12.0. The second-order valence-electron chi connectivity index (χ2n) is 8.25. The number of sulfonamides is 1. The van der Waals surface area contributed by atoms with Gasteiger partial charge < -0.3 is 5.32 Å². The van der Waals surface area contributed by atoms with Crippen molar-refractivity contribution in [1.29, 1.82) is 0 Å². The summed E-state index contributed by atoms with van der Waals surface area (Å²) >= 11 is 0. The number of piperidine rings is 1. The molecule has 3 heterocycles. The highest BCUT2D eigenvalue weighted by molar-refractivity contribution is 7.89. The van der Waals surface area contributed by atoms with Crippen LogP contribution < -0.4 is 5.32 Å². The standard InChI is InChI=1S/C22H30N4O2S/c1-18-15-25(16-19-8-4-2-5-9-19)17-21(18)24-22-11-10-20(14-23-22)29(27,28)26-12-6-3-7-13-26/h2,4-5,8-11,14,18,21H,3,6-7,12-13,15-17H2,1H3,(H,23,24). The molecule has 0 amide bonds. The molecule has 1 aromatic carbocycles. The summed E-state index contributed by atoms with van der Waals surface area (Å²) < 4.78 is 27.1. The number of hydrogen-bond donors (Lipinski definition) is 1. The molecule has 0 radical (unpaired) electrons. The number of rotatable bonds is 6. The zero-order chi connectivity index (χ0) is 20.3. The third-order valence-corrected chi connectivity index (χ3v) is 7.84. The van der Waals surface area contributed by atoms with Crippen LogP contribution in [0.15, 0.2) is 53.6 Å². The molecule has 0 bridgehead atoms. The summed E-state index contributed by atoms with van der Waals surface area (Å²) in [6, 6.07) is 14.3. The van der Waals surface area contributed by atoms with Crippen LogP contribution in [0.2, 0.25) is 0 Å². The molecule has 2 saturated heterocycles. The van der Waals surface area contributed by atoms with Crippen LogP contribution in [0.5, 0.6) is 0 Å². The van der Waals surface area contributed by atoms with Crippen molar-refractivity contribution < 1.29 is 8.42 Å². The molecule has 29 heavy (non-hydrogen) atoms. The Balaban J connectivity index is 1.37. The summed E-state index contributed by atoms with van der Waals surface area (Å²) in [5, 5.41) is 3.50. The highest BCUT2D eigenvalue weighted by atomic mass is 32.2. The van der Waals surface area contributed by atoms with Gasteiger partial charge in [0.25, 0.3) is 0 Å². The van der Waals surface area contributed by atoms with Crippen LogP contribution in [0.1, 0.15) is 31.7 Å². The van der Waals surface area contributed by atoms with Crippen LogP contribution >= 0.6 is 0 Å². The topological polar surface area (TPSA) is 65.5 Å². The number of hydrogen-bond acceptors (Lipinski definition) is 5. The third-order valence-electron chi connectivity index (χ3n) is 5.96. The van der Waals surface area contributed by atoms with E-state index >= 15 is 0 Å². The van der Waals surface area contributed by atoms with Gasteiger partial charge in [-0.1, -0.05) is 43.7 Å². The van der Waals surface area contributed by atoms with Gasteiger partial charge in [0.1, 0.15) is 10.7 Å². The lowest BCUT2D eigenvalue weighted by Gasteiger charge is -2.25. The number of anilines is 1. The van der Waals surface area contributed by atoms with Gasteiger partial charge in [-0.25, -0.2) is 13.4 Å². The summed E-state index contributed by atoms with van der Waals surface area (Å²) in [5.74, 6) is 1.23. The number of pyridine rings is 1. The van der Waals surface area contributed by atoms with Crippen molar-refractivity contribution in [2.45, 2.75) is 43.7 Å². The number of nitrogens with one attached hydrogen (secondary N) is 1. The Morgan fingerprint density at radius 1 is 1.03 bits per heavy atom. The molecule has 6 nitrogen and oxygen atoms in total. The monoisotopic (exact) mass is 414 g/mol. The van der Waals surface area contributed by atoms with Crippen molar-refractivity contribution in [1.82, 2.24) is 14.2 Å². The molecule has 7 heteroatoms. The molecule has 2 fully saturated rings. The fourth-order valence-electron chi connectivity index (χ4n) is 4.29. The molecule has 2 aliphatic rings. The van der Waals surface area contributed by atoms with E-state index in [2.05, 4.69) is 46.4 Å². The fraction of sp³-hybridized carbons (Fsp3) is 0.500. The Labute approximate surface area is 174 Å². The number of likely N-dealkylation sites (tertiary alicyclic amines) is 1. The highest BCUT2D eigenvalue weighted by Gasteiger charge is 2.30. The van der Waals surface area contributed by atoms with Crippen LogP contribution in [0.4, 0.5) is 5.82 Å². The van der Waals surface area contributed by atoms with E-state index in [1.54, 1.807) is 16.4 Å². The first-order chi connectivity index (χ1) is 14.0. The Kier molecular flexibility index (Phi) is 6.18. The van der Waals surface area contributed by atoms with Gasteiger partial charge in [0, 0.05) is 45.0 Å². The molecular weight excluding hydrogens is 384 g/mol. The lowest BCUT2D eigenvalue weighted by molar-refractivity contribution is 0.319. The SMILES string of the molecule is CC1CN(Cc2ccccc2)CC1Nc1ccc(S(=O)(=O)N2CCCCC2)cn1. The smallest absolute Gasteiger partial charge is 0.244 e. The van der Waals surface area contributed by atoms with Gasteiger partial charge in [-0.3, -0.25) is 4.90 Å². The Morgan fingerprint density at radius 2 is 1.79 bits per heavy atom. The minimum atomic E-state index is -3.43. The molecule has 1 aromatic heterocycles. The molecule has 0 aliphatic carbocycles. The highest BCUT2D eigenvalue weighted by Crippen LogP contribution is 2.24. The summed E-state index contributed by atoms with van der Waals surface area (Å²) in [5.41, 5.74) is 1.32. The normalized spacial score (nSPS) is 23.9. The molecule has 2 aliphatic heterocycles. The van der Waals surface area contributed by atoms with Gasteiger partial charge in [0.05, 0.1) is 0 Å². The second kappa shape index (κ2) is 8.81. The zero-order valence-corrected chi connectivity index (χ0v) is 17.8. The Bertz CT molecular complexity index is 896. The van der Waals surface area contributed by atoms with Crippen molar-refractivity contribution in [3.05, 3.63) is 54.2 Å². The lowest BCUT2D eigenvalue weighted by Crippen LogP contribution is -2.35. The largest absolute Gasteiger partial charge is 0.366 e. The maximum Gasteiger partial charge on any atom is 0.244 e. The molecule has 2 aromatic rings. The van der Waals surface area contributed by atoms with Crippen LogP contribution in [-0.4, -0.2) is 54.8 Å². The molecule has 0 spiro atoms. The molecule has 156 valence electrons. The van der Waals surface area contributed by atoms with E-state index in [9.17, 15) is 8.42 Å². The van der Waals surface area contributed by atoms with Gasteiger partial charge in [-0.2, -0.15) is 4.31 Å². The van der Waals surface area contributed by atoms with E-state index in [1.807, 2.05) is 6.07 Å². The quantitative estimate of drug-likeness (QED) is 0.786. The fourth-order valence-corrected chi connectivity index (χ4v) is 5.75. The molecule has 2 unspecified atom stereocenters. The van der Waals surface area contributed by atoms with Crippen molar-refractivity contribution in [3.8, 4) is 0 Å². The number of benzene rings is 1. The first-order valence-electron chi connectivity index (χ1n) is 10.5. The predicted molar refractivity (Wildman–Crippen MR) is 115 cm³/mol. The lowest BCUT2D eigenvalue weighted by atomic mass is 10.1. The summed E-state index contributed by atoms with van der Waals surface area (Å²) in [6.07, 6.45) is 4.47. The average molecular weight is 415 g/mol. The summed E-state index contributed by atoms with van der Waals surface area (Å²) in [4.78, 5) is 7.15. The van der Waals surface area contributed by atoms with Crippen molar-refractivity contribution in [3.63, 3.8) is 0 Å². The van der Waals surface area contributed by atoms with E-state index in [0.29, 0.717) is 25.0 Å². The minimum absolute atomic E-state index is 0.287. The third kappa shape index (κ3) is 4.79. The summed E-state index contributed by atoms with van der Waals surface area (Å²) in [7, 11) is -3.43. The molecule has 2 atom stereocenters.